The van der Waals surface area contributed by atoms with Crippen LogP contribution in [0, 0.1) is 0 Å². The molecule has 0 radical (unpaired) electrons. The molecule has 0 bridgehead atoms. The molecule has 0 atom stereocenters. The Morgan fingerprint density at radius 1 is 1.00 bits per heavy atom. The number of halogens is 2. The van der Waals surface area contributed by atoms with Crippen LogP contribution in [0.2, 0.25) is 10.0 Å². The van der Waals surface area contributed by atoms with E-state index in [9.17, 15) is 4.79 Å². The summed E-state index contributed by atoms with van der Waals surface area (Å²) in [6, 6.07) is 12.0. The lowest BCUT2D eigenvalue weighted by Crippen LogP contribution is -1.99. The maximum Gasteiger partial charge on any atom is 0.335 e. The number of hydrogen-bond acceptors (Lipinski definition) is 2. The summed E-state index contributed by atoms with van der Waals surface area (Å²) in [4.78, 5) is 10.8. The summed E-state index contributed by atoms with van der Waals surface area (Å²) >= 11 is 12.0. The minimum atomic E-state index is -1.00. The molecule has 0 heterocycles. The summed E-state index contributed by atoms with van der Waals surface area (Å²) in [6.07, 6.45) is 0. The Balaban J connectivity index is 1.98. The van der Waals surface area contributed by atoms with E-state index in [0.717, 1.165) is 11.1 Å². The fourth-order valence-electron chi connectivity index (χ4n) is 1.68. The zero-order valence-electron chi connectivity index (χ0n) is 10.5. The van der Waals surface area contributed by atoms with Gasteiger partial charge in [0, 0.05) is 10.0 Å². The highest BCUT2D eigenvalue weighted by molar-refractivity contribution is 6.31. The zero-order valence-corrected chi connectivity index (χ0v) is 12.0. The van der Waals surface area contributed by atoms with Crippen molar-refractivity contribution in [3.8, 4) is 0 Å². The first-order valence-electron chi connectivity index (χ1n) is 5.91. The Bertz CT molecular complexity index is 626. The smallest absolute Gasteiger partial charge is 0.335 e. The monoisotopic (exact) mass is 310 g/mol. The minimum Gasteiger partial charge on any atom is -0.478 e. The van der Waals surface area contributed by atoms with Crippen LogP contribution in [-0.4, -0.2) is 11.1 Å². The lowest BCUT2D eigenvalue weighted by molar-refractivity contribution is 0.0696. The maximum absolute atomic E-state index is 10.8. The van der Waals surface area contributed by atoms with Gasteiger partial charge in [-0.15, -0.1) is 0 Å². The standard InChI is InChI=1S/C15H12Cl2O3/c16-13-4-2-1-3-11(13)8-20-9-12-6-5-10(15(18)19)7-14(12)17/h1-7H,8-9H2,(H,18,19). The molecule has 2 aromatic rings. The van der Waals surface area contributed by atoms with Crippen LogP contribution in [0.5, 0.6) is 0 Å². The average molecular weight is 311 g/mol. The van der Waals surface area contributed by atoms with E-state index in [1.807, 2.05) is 18.2 Å². The van der Waals surface area contributed by atoms with Crippen LogP contribution in [0.3, 0.4) is 0 Å². The molecule has 0 aliphatic rings. The number of rotatable bonds is 5. The summed E-state index contributed by atoms with van der Waals surface area (Å²) in [5, 5.41) is 9.88. The fraction of sp³-hybridized carbons (Fsp3) is 0.133. The number of benzene rings is 2. The summed E-state index contributed by atoms with van der Waals surface area (Å²) in [7, 11) is 0. The number of carboxylic acids is 1. The highest BCUT2D eigenvalue weighted by atomic mass is 35.5. The minimum absolute atomic E-state index is 0.157. The van der Waals surface area contributed by atoms with Crippen LogP contribution in [0.1, 0.15) is 21.5 Å². The first-order valence-corrected chi connectivity index (χ1v) is 6.66. The second-order valence-corrected chi connectivity index (χ2v) is 5.01. The lowest BCUT2D eigenvalue weighted by Gasteiger charge is -2.08. The third-order valence-corrected chi connectivity index (χ3v) is 3.49. The van der Waals surface area contributed by atoms with Gasteiger partial charge in [-0.25, -0.2) is 4.79 Å². The van der Waals surface area contributed by atoms with Gasteiger partial charge in [0.05, 0.1) is 18.8 Å². The number of aromatic carboxylic acids is 1. The van der Waals surface area contributed by atoms with E-state index in [4.69, 9.17) is 33.0 Å². The molecule has 0 unspecified atom stereocenters. The molecule has 0 aliphatic heterocycles. The molecular formula is C15H12Cl2O3. The summed E-state index contributed by atoms with van der Waals surface area (Å²) in [6.45, 7) is 0.667. The maximum atomic E-state index is 10.8. The third kappa shape index (κ3) is 3.73. The van der Waals surface area contributed by atoms with E-state index in [2.05, 4.69) is 0 Å². The molecule has 0 aromatic heterocycles. The molecule has 0 spiro atoms. The zero-order chi connectivity index (χ0) is 14.5. The topological polar surface area (TPSA) is 46.5 Å². The van der Waals surface area contributed by atoms with Crippen LogP contribution < -0.4 is 0 Å². The van der Waals surface area contributed by atoms with Crippen molar-refractivity contribution in [2.45, 2.75) is 13.2 Å². The highest BCUT2D eigenvalue weighted by Crippen LogP contribution is 2.21. The second kappa shape index (κ2) is 6.75. The van der Waals surface area contributed by atoms with Crippen molar-refractivity contribution in [2.75, 3.05) is 0 Å². The predicted octanol–water partition coefficient (Wildman–Crippen LogP) is 4.41. The molecular weight excluding hydrogens is 299 g/mol. The van der Waals surface area contributed by atoms with Crippen molar-refractivity contribution in [3.05, 3.63) is 69.2 Å². The molecule has 0 saturated heterocycles. The predicted molar refractivity (Wildman–Crippen MR) is 78.4 cm³/mol. The second-order valence-electron chi connectivity index (χ2n) is 4.20. The van der Waals surface area contributed by atoms with Gasteiger partial charge >= 0.3 is 5.97 Å². The van der Waals surface area contributed by atoms with Gasteiger partial charge in [-0.05, 0) is 29.3 Å². The van der Waals surface area contributed by atoms with E-state index >= 15 is 0 Å². The fourth-order valence-corrected chi connectivity index (χ4v) is 2.11. The Hall–Kier alpha value is -1.55. The molecule has 2 rings (SSSR count). The largest absolute Gasteiger partial charge is 0.478 e. The number of ether oxygens (including phenoxy) is 1. The van der Waals surface area contributed by atoms with Crippen molar-refractivity contribution >= 4 is 29.2 Å². The van der Waals surface area contributed by atoms with Gasteiger partial charge in [0.25, 0.3) is 0 Å². The highest BCUT2D eigenvalue weighted by Gasteiger charge is 2.07. The van der Waals surface area contributed by atoms with Crippen LogP contribution in [0.15, 0.2) is 42.5 Å². The van der Waals surface area contributed by atoms with Crippen LogP contribution in [0.25, 0.3) is 0 Å². The Morgan fingerprint density at radius 3 is 2.25 bits per heavy atom. The van der Waals surface area contributed by atoms with E-state index in [1.165, 1.54) is 12.1 Å². The van der Waals surface area contributed by atoms with E-state index < -0.39 is 5.97 Å². The van der Waals surface area contributed by atoms with E-state index in [1.54, 1.807) is 12.1 Å². The van der Waals surface area contributed by atoms with Crippen molar-refractivity contribution in [1.29, 1.82) is 0 Å². The van der Waals surface area contributed by atoms with Crippen LogP contribution in [0.4, 0.5) is 0 Å². The van der Waals surface area contributed by atoms with Crippen molar-refractivity contribution < 1.29 is 14.6 Å². The molecule has 1 N–H and O–H groups in total. The van der Waals surface area contributed by atoms with Crippen molar-refractivity contribution in [1.82, 2.24) is 0 Å². The SMILES string of the molecule is O=C(O)c1ccc(COCc2ccccc2Cl)c(Cl)c1. The summed E-state index contributed by atoms with van der Waals surface area (Å²) in [5.74, 6) is -1.00. The van der Waals surface area contributed by atoms with E-state index in [-0.39, 0.29) is 5.56 Å². The quantitative estimate of drug-likeness (QED) is 0.889. The number of carboxylic acid groups (broad SMARTS) is 1. The number of carbonyl (C=O) groups is 1. The molecule has 0 aliphatic carbocycles. The van der Waals surface area contributed by atoms with Crippen molar-refractivity contribution in [3.63, 3.8) is 0 Å². The van der Waals surface area contributed by atoms with Crippen molar-refractivity contribution in [2.24, 2.45) is 0 Å². The van der Waals surface area contributed by atoms with Gasteiger partial charge in [-0.1, -0.05) is 47.5 Å². The molecule has 2 aromatic carbocycles. The molecule has 104 valence electrons. The lowest BCUT2D eigenvalue weighted by atomic mass is 10.1. The third-order valence-electron chi connectivity index (χ3n) is 2.77. The van der Waals surface area contributed by atoms with Gasteiger partial charge in [0.1, 0.15) is 0 Å². The van der Waals surface area contributed by atoms with Crippen LogP contribution >= 0.6 is 23.2 Å². The molecule has 0 amide bonds. The van der Waals surface area contributed by atoms with Gasteiger partial charge in [0.15, 0.2) is 0 Å². The van der Waals surface area contributed by atoms with Gasteiger partial charge in [-0.2, -0.15) is 0 Å². The van der Waals surface area contributed by atoms with Gasteiger partial charge < -0.3 is 9.84 Å². The molecule has 20 heavy (non-hydrogen) atoms. The first kappa shape index (κ1) is 14.9. The normalized spacial score (nSPS) is 10.5. The molecule has 5 heteroatoms. The Morgan fingerprint density at radius 2 is 1.65 bits per heavy atom. The molecule has 0 fully saturated rings. The first-order chi connectivity index (χ1) is 9.58. The summed E-state index contributed by atoms with van der Waals surface area (Å²) < 4.78 is 5.55. The Labute approximate surface area is 126 Å². The molecule has 0 saturated carbocycles. The number of hydrogen-bond donors (Lipinski definition) is 1. The molecule has 3 nitrogen and oxygen atoms in total. The Kier molecular flexibility index (Phi) is 5.01. The summed E-state index contributed by atoms with van der Waals surface area (Å²) in [5.41, 5.74) is 1.79. The van der Waals surface area contributed by atoms with Gasteiger partial charge in [0.2, 0.25) is 0 Å². The van der Waals surface area contributed by atoms with Crippen LogP contribution in [-0.2, 0) is 18.0 Å². The van der Waals surface area contributed by atoms with E-state index in [0.29, 0.717) is 23.3 Å². The average Bonchev–Trinajstić information content (AvgIpc) is 2.42. The van der Waals surface area contributed by atoms with Gasteiger partial charge in [-0.3, -0.25) is 0 Å².